The Balaban J connectivity index is 2.58. The number of nitrogens with two attached hydrogens (primary N) is 1. The van der Waals surface area contributed by atoms with E-state index in [4.69, 9.17) is 5.73 Å². The lowest BCUT2D eigenvalue weighted by molar-refractivity contribution is -0.228. The second-order valence-corrected chi connectivity index (χ2v) is 5.43. The molecule has 0 radical (unpaired) electrons. The topological polar surface area (TPSA) is 124 Å². The number of para-hydroxylation sites is 1. The number of Topliss-reactive ketones (excluding diaryl/α,β-unsaturated/α-hetero) is 1. The van der Waals surface area contributed by atoms with Crippen LogP contribution in [0.15, 0.2) is 24.3 Å². The van der Waals surface area contributed by atoms with Gasteiger partial charge in [-0.15, -0.1) is 0 Å². The van der Waals surface area contributed by atoms with Crippen molar-refractivity contribution in [2.45, 2.75) is 36.7 Å². The number of hydrogen-bond donors (Lipinski definition) is 5. The molecule has 104 valence electrons. The van der Waals surface area contributed by atoms with Crippen molar-refractivity contribution in [3.05, 3.63) is 29.8 Å². The van der Waals surface area contributed by atoms with E-state index in [0.29, 0.717) is 0 Å². The molecule has 6 heteroatoms. The maximum Gasteiger partial charge on any atom is 0.188 e. The molecule has 2 rings (SSSR count). The van der Waals surface area contributed by atoms with E-state index in [9.17, 15) is 25.2 Å². The van der Waals surface area contributed by atoms with Gasteiger partial charge in [0.05, 0.1) is 0 Å². The highest BCUT2D eigenvalue weighted by Gasteiger charge is 2.57. The second kappa shape index (κ2) is 4.01. The van der Waals surface area contributed by atoms with Crippen LogP contribution in [0.3, 0.4) is 0 Å². The summed E-state index contributed by atoms with van der Waals surface area (Å²) in [4.78, 5) is 12.3. The van der Waals surface area contributed by atoms with Gasteiger partial charge in [0.1, 0.15) is 16.9 Å². The average molecular weight is 267 g/mol. The fraction of sp³-hybridized carbons (Fsp3) is 0.462. The molecule has 0 amide bonds. The number of rotatable bonds is 1. The van der Waals surface area contributed by atoms with Gasteiger partial charge in [0.15, 0.2) is 11.6 Å². The lowest BCUT2D eigenvalue weighted by atomic mass is 9.67. The number of ketones is 1. The molecular weight excluding hydrogens is 250 g/mol. The first kappa shape index (κ1) is 14.0. The number of aliphatic hydroxyl groups is 3. The van der Waals surface area contributed by atoms with Gasteiger partial charge in [0.2, 0.25) is 0 Å². The lowest BCUT2D eigenvalue weighted by Crippen LogP contribution is -2.65. The molecule has 1 aromatic carbocycles. The first-order valence-electron chi connectivity index (χ1n) is 5.88. The number of aromatic hydroxyl groups is 1. The van der Waals surface area contributed by atoms with Crippen molar-refractivity contribution >= 4 is 5.78 Å². The van der Waals surface area contributed by atoms with Crippen LogP contribution in [0.5, 0.6) is 5.75 Å². The smallest absolute Gasteiger partial charge is 0.188 e. The van der Waals surface area contributed by atoms with Crippen LogP contribution in [0.4, 0.5) is 0 Å². The Hall–Kier alpha value is -1.47. The minimum Gasteiger partial charge on any atom is -0.508 e. The van der Waals surface area contributed by atoms with Gasteiger partial charge in [-0.25, -0.2) is 0 Å². The van der Waals surface area contributed by atoms with Crippen LogP contribution in [0.25, 0.3) is 0 Å². The second-order valence-electron chi connectivity index (χ2n) is 5.43. The van der Waals surface area contributed by atoms with E-state index in [1.807, 2.05) is 0 Å². The summed E-state index contributed by atoms with van der Waals surface area (Å²) in [5.74, 6) is -3.26. The molecule has 0 aromatic heterocycles. The van der Waals surface area contributed by atoms with E-state index in [0.717, 1.165) is 0 Å². The molecule has 1 aromatic rings. The van der Waals surface area contributed by atoms with Crippen LogP contribution >= 0.6 is 0 Å². The summed E-state index contributed by atoms with van der Waals surface area (Å²) in [5, 5.41) is 39.4. The van der Waals surface area contributed by atoms with Gasteiger partial charge in [-0.2, -0.15) is 0 Å². The zero-order valence-corrected chi connectivity index (χ0v) is 10.5. The highest BCUT2D eigenvalue weighted by Crippen LogP contribution is 2.43. The summed E-state index contributed by atoms with van der Waals surface area (Å²) in [6, 6.07) is 5.89. The van der Waals surface area contributed by atoms with E-state index >= 15 is 0 Å². The van der Waals surface area contributed by atoms with Crippen LogP contribution in [-0.4, -0.2) is 37.6 Å². The SMILES string of the molecule is CC1(O)CC(O)(O)CC(N)(c2ccccc2O)C1=O. The first-order valence-corrected chi connectivity index (χ1v) is 5.88. The maximum absolute atomic E-state index is 12.3. The van der Waals surface area contributed by atoms with Gasteiger partial charge in [0.25, 0.3) is 0 Å². The van der Waals surface area contributed by atoms with Crippen LogP contribution in [0.1, 0.15) is 25.3 Å². The Morgan fingerprint density at radius 2 is 1.74 bits per heavy atom. The fourth-order valence-electron chi connectivity index (χ4n) is 2.77. The Labute approximate surface area is 110 Å². The number of carbonyl (C=O) groups excluding carboxylic acids is 1. The first-order chi connectivity index (χ1) is 8.58. The summed E-state index contributed by atoms with van der Waals surface area (Å²) in [7, 11) is 0. The van der Waals surface area contributed by atoms with Crippen LogP contribution < -0.4 is 5.73 Å². The summed E-state index contributed by atoms with van der Waals surface area (Å²) >= 11 is 0. The van der Waals surface area contributed by atoms with Crippen LogP contribution in [0, 0.1) is 0 Å². The van der Waals surface area contributed by atoms with E-state index < -0.39 is 35.6 Å². The molecule has 19 heavy (non-hydrogen) atoms. The zero-order valence-electron chi connectivity index (χ0n) is 10.5. The predicted octanol–water partition coefficient (Wildman–Crippen LogP) is -0.659. The van der Waals surface area contributed by atoms with Gasteiger partial charge < -0.3 is 26.2 Å². The van der Waals surface area contributed by atoms with Crippen molar-refractivity contribution in [2.75, 3.05) is 0 Å². The fourth-order valence-corrected chi connectivity index (χ4v) is 2.77. The van der Waals surface area contributed by atoms with Crippen LogP contribution in [0.2, 0.25) is 0 Å². The number of benzene rings is 1. The molecule has 1 fully saturated rings. The third-order valence-corrected chi connectivity index (χ3v) is 3.47. The number of carbonyl (C=O) groups is 1. The third-order valence-electron chi connectivity index (χ3n) is 3.47. The molecule has 0 heterocycles. The van der Waals surface area contributed by atoms with Crippen LogP contribution in [-0.2, 0) is 10.3 Å². The molecular formula is C13H17NO5. The minimum atomic E-state index is -2.28. The van der Waals surface area contributed by atoms with E-state index in [2.05, 4.69) is 0 Å². The van der Waals surface area contributed by atoms with Gasteiger partial charge >= 0.3 is 0 Å². The quantitative estimate of drug-likeness (QED) is 0.430. The van der Waals surface area contributed by atoms with Crippen molar-refractivity contribution in [1.29, 1.82) is 0 Å². The molecule has 1 saturated carbocycles. The van der Waals surface area contributed by atoms with Gasteiger partial charge in [0, 0.05) is 18.4 Å². The molecule has 1 aliphatic rings. The van der Waals surface area contributed by atoms with Crippen molar-refractivity contribution in [3.63, 3.8) is 0 Å². The van der Waals surface area contributed by atoms with E-state index in [1.54, 1.807) is 12.1 Å². The Morgan fingerprint density at radius 1 is 1.16 bits per heavy atom. The molecule has 0 saturated heterocycles. The monoisotopic (exact) mass is 267 g/mol. The largest absolute Gasteiger partial charge is 0.508 e. The molecule has 6 N–H and O–H groups in total. The molecule has 2 unspecified atom stereocenters. The van der Waals surface area contributed by atoms with E-state index in [-0.39, 0.29) is 11.3 Å². The summed E-state index contributed by atoms with van der Waals surface area (Å²) < 4.78 is 0. The van der Waals surface area contributed by atoms with Crippen molar-refractivity contribution in [3.8, 4) is 5.75 Å². The highest BCUT2D eigenvalue weighted by atomic mass is 16.5. The average Bonchev–Trinajstić information content (AvgIpc) is 2.24. The Kier molecular flexibility index (Phi) is 2.94. The maximum atomic E-state index is 12.3. The zero-order chi connectivity index (χ0) is 14.5. The number of phenolic OH excluding ortho intramolecular Hbond substituents is 1. The number of hydrogen-bond acceptors (Lipinski definition) is 6. The summed E-state index contributed by atoms with van der Waals surface area (Å²) in [6.07, 6.45) is -1.02. The van der Waals surface area contributed by atoms with Gasteiger partial charge in [-0.3, -0.25) is 4.79 Å². The van der Waals surface area contributed by atoms with Gasteiger partial charge in [-0.05, 0) is 13.0 Å². The standard InChI is InChI=1S/C13H17NO5/c1-11(17)6-12(18,19)7-13(14,10(11)16)8-4-2-3-5-9(8)15/h2-5,15,17-19H,6-7,14H2,1H3. The Morgan fingerprint density at radius 3 is 2.32 bits per heavy atom. The predicted molar refractivity (Wildman–Crippen MR) is 66.0 cm³/mol. The third kappa shape index (κ3) is 2.23. The van der Waals surface area contributed by atoms with Crippen molar-refractivity contribution in [1.82, 2.24) is 0 Å². The lowest BCUT2D eigenvalue weighted by Gasteiger charge is -2.45. The number of phenols is 1. The molecule has 2 atom stereocenters. The molecule has 1 aliphatic carbocycles. The molecule has 0 aliphatic heterocycles. The van der Waals surface area contributed by atoms with Crippen molar-refractivity contribution in [2.24, 2.45) is 5.73 Å². The molecule has 6 nitrogen and oxygen atoms in total. The highest BCUT2D eigenvalue weighted by molar-refractivity contribution is 5.97. The minimum absolute atomic E-state index is 0.0625. The molecule has 0 spiro atoms. The summed E-state index contributed by atoms with van der Waals surface area (Å²) in [5.41, 5.74) is 2.22. The van der Waals surface area contributed by atoms with Gasteiger partial charge in [-0.1, -0.05) is 18.2 Å². The summed E-state index contributed by atoms with van der Waals surface area (Å²) in [6.45, 7) is 1.18. The van der Waals surface area contributed by atoms with E-state index in [1.165, 1.54) is 19.1 Å². The van der Waals surface area contributed by atoms with Crippen molar-refractivity contribution < 1.29 is 25.2 Å². The molecule has 0 bridgehead atoms. The Bertz CT molecular complexity index is 526. The normalized spacial score (nSPS) is 34.3.